The van der Waals surface area contributed by atoms with Crippen LogP contribution in [-0.2, 0) is 0 Å². The summed E-state index contributed by atoms with van der Waals surface area (Å²) in [5.41, 5.74) is 1.26. The fourth-order valence-electron chi connectivity index (χ4n) is 3.38. The maximum atomic E-state index is 3.69. The van der Waals surface area contributed by atoms with Crippen LogP contribution in [0, 0.1) is 11.8 Å². The lowest BCUT2D eigenvalue weighted by Gasteiger charge is -2.41. The molecule has 0 aromatic heterocycles. The van der Waals surface area contributed by atoms with Crippen LogP contribution in [0.15, 0.2) is 54.6 Å². The molecule has 2 aromatic carbocycles. The predicted octanol–water partition coefficient (Wildman–Crippen LogP) is 4.22. The minimum atomic E-state index is 0.648. The Balaban J connectivity index is 1.58. The molecule has 3 atom stereocenters. The van der Waals surface area contributed by atoms with Crippen molar-refractivity contribution >= 4 is 16.5 Å². The van der Waals surface area contributed by atoms with E-state index in [0.717, 1.165) is 11.8 Å². The van der Waals surface area contributed by atoms with Crippen LogP contribution < -0.4 is 5.32 Å². The summed E-state index contributed by atoms with van der Waals surface area (Å²) in [4.78, 5) is 0. The van der Waals surface area contributed by atoms with Crippen LogP contribution in [0.25, 0.3) is 10.8 Å². The van der Waals surface area contributed by atoms with Gasteiger partial charge < -0.3 is 5.32 Å². The summed E-state index contributed by atoms with van der Waals surface area (Å²) >= 11 is 0. The highest BCUT2D eigenvalue weighted by molar-refractivity contribution is 5.85. The molecular formula is C17H17N. The topological polar surface area (TPSA) is 12.0 Å². The lowest BCUT2D eigenvalue weighted by Crippen LogP contribution is -2.43. The maximum Gasteiger partial charge on any atom is 0.0348 e. The van der Waals surface area contributed by atoms with Crippen molar-refractivity contribution < 1.29 is 0 Å². The number of anilines is 1. The van der Waals surface area contributed by atoms with E-state index >= 15 is 0 Å². The third kappa shape index (κ3) is 1.54. The second-order valence-electron chi connectivity index (χ2n) is 5.55. The summed E-state index contributed by atoms with van der Waals surface area (Å²) in [6, 6.07) is 15.9. The zero-order chi connectivity index (χ0) is 11.9. The molecule has 1 fully saturated rings. The second-order valence-corrected chi connectivity index (χ2v) is 5.55. The minimum Gasteiger partial charge on any atom is -0.382 e. The number of nitrogens with one attached hydrogen (secondary N) is 1. The number of hydrogen-bond acceptors (Lipinski definition) is 1. The molecule has 1 saturated carbocycles. The van der Waals surface area contributed by atoms with E-state index in [1.54, 1.807) is 0 Å². The molecule has 3 unspecified atom stereocenters. The fourth-order valence-corrected chi connectivity index (χ4v) is 3.38. The first-order chi connectivity index (χ1) is 8.90. The van der Waals surface area contributed by atoms with Gasteiger partial charge in [0.05, 0.1) is 0 Å². The normalized spacial score (nSPS) is 29.0. The molecule has 90 valence electrons. The van der Waals surface area contributed by atoms with Gasteiger partial charge in [-0.05, 0) is 41.7 Å². The van der Waals surface area contributed by atoms with Crippen molar-refractivity contribution in [1.82, 2.24) is 0 Å². The monoisotopic (exact) mass is 235 g/mol. The average Bonchev–Trinajstić information content (AvgIpc) is 2.77. The molecule has 1 N–H and O–H groups in total. The highest BCUT2D eigenvalue weighted by Crippen LogP contribution is 2.44. The lowest BCUT2D eigenvalue weighted by molar-refractivity contribution is 0.218. The first kappa shape index (κ1) is 10.2. The van der Waals surface area contributed by atoms with Crippen LogP contribution in [-0.4, -0.2) is 6.04 Å². The van der Waals surface area contributed by atoms with E-state index in [0.29, 0.717) is 6.04 Å². The number of benzene rings is 2. The van der Waals surface area contributed by atoms with Gasteiger partial charge in [0.25, 0.3) is 0 Å². The van der Waals surface area contributed by atoms with Gasteiger partial charge in [-0.2, -0.15) is 0 Å². The van der Waals surface area contributed by atoms with Gasteiger partial charge >= 0.3 is 0 Å². The van der Waals surface area contributed by atoms with Gasteiger partial charge in [-0.3, -0.25) is 0 Å². The number of hydrogen-bond donors (Lipinski definition) is 1. The van der Waals surface area contributed by atoms with Gasteiger partial charge in [-0.25, -0.2) is 0 Å². The molecule has 0 radical (unpaired) electrons. The molecule has 1 heteroatoms. The summed E-state index contributed by atoms with van der Waals surface area (Å²) in [6.45, 7) is 0. The Morgan fingerprint density at radius 2 is 1.89 bits per heavy atom. The van der Waals surface area contributed by atoms with Crippen molar-refractivity contribution in [3.63, 3.8) is 0 Å². The second kappa shape index (κ2) is 3.88. The molecule has 1 nitrogen and oxygen atoms in total. The Kier molecular flexibility index (Phi) is 2.19. The predicted molar refractivity (Wildman–Crippen MR) is 76.7 cm³/mol. The van der Waals surface area contributed by atoms with Gasteiger partial charge in [-0.15, -0.1) is 0 Å². The Hall–Kier alpha value is -1.76. The van der Waals surface area contributed by atoms with Crippen molar-refractivity contribution in [2.24, 2.45) is 11.8 Å². The van der Waals surface area contributed by atoms with Crippen LogP contribution >= 0.6 is 0 Å². The van der Waals surface area contributed by atoms with Crippen LogP contribution in [0.1, 0.15) is 12.8 Å². The zero-order valence-corrected chi connectivity index (χ0v) is 10.3. The molecule has 0 bridgehead atoms. The summed E-state index contributed by atoms with van der Waals surface area (Å²) in [6.07, 6.45) is 7.36. The Morgan fingerprint density at radius 3 is 2.78 bits per heavy atom. The Labute approximate surface area is 108 Å². The molecule has 18 heavy (non-hydrogen) atoms. The van der Waals surface area contributed by atoms with E-state index < -0.39 is 0 Å². The zero-order valence-electron chi connectivity index (χ0n) is 10.3. The van der Waals surface area contributed by atoms with E-state index in [1.807, 2.05) is 0 Å². The number of allylic oxidation sites excluding steroid dienone is 1. The first-order valence-electron chi connectivity index (χ1n) is 6.82. The Morgan fingerprint density at radius 1 is 1.00 bits per heavy atom. The van der Waals surface area contributed by atoms with E-state index in [4.69, 9.17) is 0 Å². The number of fused-ring (bicyclic) bond motifs is 2. The van der Waals surface area contributed by atoms with E-state index in [9.17, 15) is 0 Å². The fraction of sp³-hybridized carbons (Fsp3) is 0.294. The van der Waals surface area contributed by atoms with Crippen LogP contribution in [0.4, 0.5) is 5.69 Å². The van der Waals surface area contributed by atoms with E-state index in [-0.39, 0.29) is 0 Å². The molecule has 4 rings (SSSR count). The first-order valence-corrected chi connectivity index (χ1v) is 6.82. The molecule has 2 aliphatic carbocycles. The minimum absolute atomic E-state index is 0.648. The third-order valence-corrected chi connectivity index (χ3v) is 4.46. The van der Waals surface area contributed by atoms with E-state index in [1.165, 1.54) is 29.3 Å². The summed E-state index contributed by atoms with van der Waals surface area (Å²) in [5.74, 6) is 1.69. The van der Waals surface area contributed by atoms with Gasteiger partial charge in [0, 0.05) is 17.6 Å². The van der Waals surface area contributed by atoms with Crippen molar-refractivity contribution in [1.29, 1.82) is 0 Å². The SMILES string of the molecule is C1=CC2C(C1)CC2Nc1ccc2ccccc2c1. The van der Waals surface area contributed by atoms with Gasteiger partial charge in [-0.1, -0.05) is 42.5 Å². The highest BCUT2D eigenvalue weighted by Gasteiger charge is 2.40. The summed E-state index contributed by atoms with van der Waals surface area (Å²) in [5, 5.41) is 6.33. The summed E-state index contributed by atoms with van der Waals surface area (Å²) < 4.78 is 0. The molecule has 0 amide bonds. The lowest BCUT2D eigenvalue weighted by atomic mass is 9.71. The van der Waals surface area contributed by atoms with Crippen molar-refractivity contribution in [2.75, 3.05) is 5.32 Å². The quantitative estimate of drug-likeness (QED) is 0.769. The van der Waals surface area contributed by atoms with E-state index in [2.05, 4.69) is 59.9 Å². The van der Waals surface area contributed by atoms with Crippen LogP contribution in [0.5, 0.6) is 0 Å². The van der Waals surface area contributed by atoms with Crippen LogP contribution in [0.3, 0.4) is 0 Å². The van der Waals surface area contributed by atoms with Crippen molar-refractivity contribution in [3.05, 3.63) is 54.6 Å². The van der Waals surface area contributed by atoms with Crippen LogP contribution in [0.2, 0.25) is 0 Å². The molecule has 0 heterocycles. The Bertz CT molecular complexity index is 614. The van der Waals surface area contributed by atoms with Gasteiger partial charge in [0.2, 0.25) is 0 Å². The van der Waals surface area contributed by atoms with Gasteiger partial charge in [0.1, 0.15) is 0 Å². The van der Waals surface area contributed by atoms with Crippen molar-refractivity contribution in [3.8, 4) is 0 Å². The van der Waals surface area contributed by atoms with Gasteiger partial charge in [0.15, 0.2) is 0 Å². The smallest absolute Gasteiger partial charge is 0.0348 e. The third-order valence-electron chi connectivity index (χ3n) is 4.46. The average molecular weight is 235 g/mol. The molecule has 0 aliphatic heterocycles. The molecule has 2 aliphatic rings. The largest absolute Gasteiger partial charge is 0.382 e. The maximum absolute atomic E-state index is 3.69. The summed E-state index contributed by atoms with van der Waals surface area (Å²) in [7, 11) is 0. The number of rotatable bonds is 2. The molecule has 0 saturated heterocycles. The molecule has 2 aromatic rings. The molecule has 0 spiro atoms. The highest BCUT2D eigenvalue weighted by atomic mass is 14.9. The molecular weight excluding hydrogens is 218 g/mol. The standard InChI is InChI=1S/C17H17N/c1-2-5-13-10-15(9-8-12(13)4-1)18-17-11-14-6-3-7-16(14)17/h1-5,7-10,14,16-18H,6,11H2. The van der Waals surface area contributed by atoms with Crippen molar-refractivity contribution in [2.45, 2.75) is 18.9 Å².